The fourth-order valence-corrected chi connectivity index (χ4v) is 4.00. The van der Waals surface area contributed by atoms with Crippen LogP contribution in [0.3, 0.4) is 0 Å². The average molecular weight is 405 g/mol. The number of piperazine rings is 1. The number of benzene rings is 2. The standard InChI is InChI=1S/C24H27N3O3/c1-17(2)10-11-27-23(29)20-9-8-18(16-21(20)24(27)30)22(28)26-14-12-25(13-15-26)19-6-4-3-5-7-19/h3-9,16-17H,10-15H2,1-2H3. The van der Waals surface area contributed by atoms with Gasteiger partial charge in [0.25, 0.3) is 17.7 Å². The van der Waals surface area contributed by atoms with Crippen molar-refractivity contribution < 1.29 is 14.4 Å². The average Bonchev–Trinajstić information content (AvgIpc) is 3.01. The van der Waals surface area contributed by atoms with E-state index in [9.17, 15) is 14.4 Å². The Morgan fingerprint density at radius 1 is 0.900 bits per heavy atom. The fourth-order valence-electron chi connectivity index (χ4n) is 4.00. The molecule has 0 spiro atoms. The van der Waals surface area contributed by atoms with Gasteiger partial charge in [0.1, 0.15) is 0 Å². The van der Waals surface area contributed by atoms with Crippen molar-refractivity contribution >= 4 is 23.4 Å². The molecule has 3 amide bonds. The number of carbonyl (C=O) groups excluding carboxylic acids is 3. The number of fused-ring (bicyclic) bond motifs is 1. The summed E-state index contributed by atoms with van der Waals surface area (Å²) in [6, 6.07) is 15.1. The molecule has 2 heterocycles. The third-order valence-electron chi connectivity index (χ3n) is 5.84. The number of para-hydroxylation sites is 1. The topological polar surface area (TPSA) is 60.9 Å². The third-order valence-corrected chi connectivity index (χ3v) is 5.84. The highest BCUT2D eigenvalue weighted by atomic mass is 16.2. The van der Waals surface area contributed by atoms with Gasteiger partial charge < -0.3 is 9.80 Å². The zero-order valence-corrected chi connectivity index (χ0v) is 17.5. The summed E-state index contributed by atoms with van der Waals surface area (Å²) in [5.74, 6) is -0.238. The van der Waals surface area contributed by atoms with E-state index in [4.69, 9.17) is 0 Å². The summed E-state index contributed by atoms with van der Waals surface area (Å²) in [5.41, 5.74) is 2.37. The van der Waals surface area contributed by atoms with Crippen molar-refractivity contribution in [2.75, 3.05) is 37.6 Å². The smallest absolute Gasteiger partial charge is 0.261 e. The van der Waals surface area contributed by atoms with Crippen LogP contribution in [0.4, 0.5) is 5.69 Å². The lowest BCUT2D eigenvalue weighted by atomic mass is 10.0. The van der Waals surface area contributed by atoms with E-state index in [2.05, 4.69) is 30.9 Å². The quantitative estimate of drug-likeness (QED) is 0.716. The van der Waals surface area contributed by atoms with Crippen molar-refractivity contribution in [1.29, 1.82) is 0 Å². The summed E-state index contributed by atoms with van der Waals surface area (Å²) in [4.78, 5) is 43.7. The third kappa shape index (κ3) is 3.82. The number of anilines is 1. The Balaban J connectivity index is 1.45. The van der Waals surface area contributed by atoms with Crippen LogP contribution in [0, 0.1) is 5.92 Å². The molecule has 0 unspecified atom stereocenters. The van der Waals surface area contributed by atoms with Gasteiger partial charge in [-0.3, -0.25) is 19.3 Å². The molecule has 0 bridgehead atoms. The molecular weight excluding hydrogens is 378 g/mol. The second kappa shape index (κ2) is 8.30. The Labute approximate surface area is 177 Å². The Morgan fingerprint density at radius 2 is 1.57 bits per heavy atom. The van der Waals surface area contributed by atoms with E-state index in [0.29, 0.717) is 42.2 Å². The Hall–Kier alpha value is -3.15. The maximum Gasteiger partial charge on any atom is 0.261 e. The first-order valence-electron chi connectivity index (χ1n) is 10.5. The highest BCUT2D eigenvalue weighted by Gasteiger charge is 2.36. The van der Waals surface area contributed by atoms with Crippen LogP contribution in [0.5, 0.6) is 0 Å². The monoisotopic (exact) mass is 405 g/mol. The van der Waals surface area contributed by atoms with Crippen molar-refractivity contribution in [3.8, 4) is 0 Å². The number of imide groups is 1. The van der Waals surface area contributed by atoms with Crippen LogP contribution < -0.4 is 4.90 Å². The molecule has 6 heteroatoms. The SMILES string of the molecule is CC(C)CCN1C(=O)c2ccc(C(=O)N3CCN(c4ccccc4)CC3)cc2C1=O. The van der Waals surface area contributed by atoms with E-state index in [1.54, 1.807) is 18.2 Å². The highest BCUT2D eigenvalue weighted by molar-refractivity contribution is 6.22. The fraction of sp³-hybridized carbons (Fsp3) is 0.375. The molecule has 6 nitrogen and oxygen atoms in total. The van der Waals surface area contributed by atoms with E-state index in [1.165, 1.54) is 4.90 Å². The Bertz CT molecular complexity index is 963. The van der Waals surface area contributed by atoms with Crippen LogP contribution in [-0.4, -0.2) is 60.2 Å². The predicted molar refractivity (Wildman–Crippen MR) is 116 cm³/mol. The maximum atomic E-state index is 13.0. The van der Waals surface area contributed by atoms with Gasteiger partial charge in [0, 0.05) is 44.0 Å². The lowest BCUT2D eigenvalue weighted by Gasteiger charge is -2.36. The predicted octanol–water partition coefficient (Wildman–Crippen LogP) is 3.29. The summed E-state index contributed by atoms with van der Waals surface area (Å²) in [6.07, 6.45) is 0.767. The van der Waals surface area contributed by atoms with Crippen LogP contribution in [0.15, 0.2) is 48.5 Å². The molecular formula is C24H27N3O3. The highest BCUT2D eigenvalue weighted by Crippen LogP contribution is 2.26. The van der Waals surface area contributed by atoms with Gasteiger partial charge in [0.2, 0.25) is 0 Å². The lowest BCUT2D eigenvalue weighted by molar-refractivity contribution is 0.0647. The van der Waals surface area contributed by atoms with Gasteiger partial charge in [0.15, 0.2) is 0 Å². The molecule has 1 saturated heterocycles. The van der Waals surface area contributed by atoms with Gasteiger partial charge >= 0.3 is 0 Å². The first-order chi connectivity index (χ1) is 14.5. The van der Waals surface area contributed by atoms with Gasteiger partial charge in [-0.2, -0.15) is 0 Å². The zero-order chi connectivity index (χ0) is 21.3. The molecule has 1 fully saturated rings. The first-order valence-corrected chi connectivity index (χ1v) is 10.5. The molecule has 156 valence electrons. The van der Waals surface area contributed by atoms with E-state index < -0.39 is 0 Å². The van der Waals surface area contributed by atoms with Gasteiger partial charge in [-0.05, 0) is 42.7 Å². The Morgan fingerprint density at radius 3 is 2.23 bits per heavy atom. The normalized spacial score (nSPS) is 16.4. The number of hydrogen-bond acceptors (Lipinski definition) is 4. The summed E-state index contributed by atoms with van der Waals surface area (Å²) in [5, 5.41) is 0. The van der Waals surface area contributed by atoms with Gasteiger partial charge in [-0.25, -0.2) is 0 Å². The Kier molecular flexibility index (Phi) is 5.57. The van der Waals surface area contributed by atoms with E-state index >= 15 is 0 Å². The van der Waals surface area contributed by atoms with Gasteiger partial charge in [-0.15, -0.1) is 0 Å². The molecule has 0 saturated carbocycles. The van der Waals surface area contributed by atoms with Crippen LogP contribution in [0.1, 0.15) is 51.3 Å². The summed E-state index contributed by atoms with van der Waals surface area (Å²) >= 11 is 0. The van der Waals surface area contributed by atoms with Crippen molar-refractivity contribution in [3.63, 3.8) is 0 Å². The molecule has 2 aliphatic heterocycles. The van der Waals surface area contributed by atoms with Crippen molar-refractivity contribution in [1.82, 2.24) is 9.80 Å². The number of nitrogens with zero attached hydrogens (tertiary/aromatic N) is 3. The largest absolute Gasteiger partial charge is 0.368 e. The summed E-state index contributed by atoms with van der Waals surface area (Å²) < 4.78 is 0. The molecule has 0 aliphatic carbocycles. The minimum absolute atomic E-state index is 0.0913. The molecule has 2 aromatic rings. The number of hydrogen-bond donors (Lipinski definition) is 0. The lowest BCUT2D eigenvalue weighted by Crippen LogP contribution is -2.48. The van der Waals surface area contributed by atoms with Crippen LogP contribution in [-0.2, 0) is 0 Å². The van der Waals surface area contributed by atoms with Crippen LogP contribution in [0.2, 0.25) is 0 Å². The summed E-state index contributed by atoms with van der Waals surface area (Å²) in [7, 11) is 0. The maximum absolute atomic E-state index is 13.0. The minimum Gasteiger partial charge on any atom is -0.368 e. The van der Waals surface area contributed by atoms with Crippen molar-refractivity contribution in [2.24, 2.45) is 5.92 Å². The number of amides is 3. The van der Waals surface area contributed by atoms with Crippen LogP contribution >= 0.6 is 0 Å². The zero-order valence-electron chi connectivity index (χ0n) is 17.5. The molecule has 30 heavy (non-hydrogen) atoms. The van der Waals surface area contributed by atoms with Crippen molar-refractivity contribution in [3.05, 3.63) is 65.2 Å². The van der Waals surface area contributed by atoms with E-state index in [1.807, 2.05) is 23.1 Å². The summed E-state index contributed by atoms with van der Waals surface area (Å²) in [6.45, 7) is 7.31. The first kappa shape index (κ1) is 20.1. The van der Waals surface area contributed by atoms with E-state index in [-0.39, 0.29) is 17.7 Å². The van der Waals surface area contributed by atoms with Crippen LogP contribution in [0.25, 0.3) is 0 Å². The second-order valence-electron chi connectivity index (χ2n) is 8.32. The van der Waals surface area contributed by atoms with Gasteiger partial charge in [-0.1, -0.05) is 32.0 Å². The van der Waals surface area contributed by atoms with Gasteiger partial charge in [0.05, 0.1) is 11.1 Å². The van der Waals surface area contributed by atoms with E-state index in [0.717, 1.165) is 25.2 Å². The molecule has 0 atom stereocenters. The molecule has 2 aromatic carbocycles. The molecule has 0 radical (unpaired) electrons. The second-order valence-corrected chi connectivity index (χ2v) is 8.32. The molecule has 2 aliphatic rings. The molecule has 0 N–H and O–H groups in total. The molecule has 4 rings (SSSR count). The van der Waals surface area contributed by atoms with Crippen molar-refractivity contribution in [2.45, 2.75) is 20.3 Å². The number of carbonyl (C=O) groups is 3. The number of rotatable bonds is 5. The molecule has 0 aromatic heterocycles. The minimum atomic E-state index is -0.292.